The third kappa shape index (κ3) is 3.52. The molecule has 1 aliphatic carbocycles. The van der Waals surface area contributed by atoms with Gasteiger partial charge in [-0.1, -0.05) is 13.3 Å². The van der Waals surface area contributed by atoms with Crippen LogP contribution in [-0.2, 0) is 0 Å². The average Bonchev–Trinajstić information content (AvgIpc) is 2.19. The molecule has 1 aliphatic rings. The molecule has 0 aromatic rings. The maximum atomic E-state index is 12.3. The zero-order valence-corrected chi connectivity index (χ0v) is 9.10. The largest absolute Gasteiger partial charge is 0.306 e. The minimum Gasteiger partial charge on any atom is -0.306 e. The van der Waals surface area contributed by atoms with Crippen molar-refractivity contribution in [2.75, 3.05) is 0 Å². The fourth-order valence-corrected chi connectivity index (χ4v) is 2.18. The average molecular weight is 205 g/mol. The van der Waals surface area contributed by atoms with Crippen molar-refractivity contribution in [1.29, 1.82) is 0 Å². The summed E-state index contributed by atoms with van der Waals surface area (Å²) in [6.45, 7) is 3.77. The van der Waals surface area contributed by atoms with Crippen LogP contribution in [0, 0.1) is 5.92 Å². The number of halogens is 2. The number of hydrogen-bond acceptors (Lipinski definition) is 1. The Morgan fingerprint density at radius 2 is 1.79 bits per heavy atom. The van der Waals surface area contributed by atoms with Gasteiger partial charge in [0.05, 0.1) is 6.04 Å². The molecule has 84 valence electrons. The summed E-state index contributed by atoms with van der Waals surface area (Å²) in [5.74, 6) is 0.829. The monoisotopic (exact) mass is 205 g/mol. The van der Waals surface area contributed by atoms with Crippen molar-refractivity contribution in [3.63, 3.8) is 0 Å². The second kappa shape index (κ2) is 5.64. The van der Waals surface area contributed by atoms with E-state index in [1.54, 1.807) is 6.92 Å². The molecule has 0 radical (unpaired) electrons. The Kier molecular flexibility index (Phi) is 4.79. The van der Waals surface area contributed by atoms with Crippen LogP contribution < -0.4 is 5.32 Å². The minimum atomic E-state index is -2.24. The predicted octanol–water partition coefficient (Wildman–Crippen LogP) is 3.20. The van der Waals surface area contributed by atoms with E-state index in [1.165, 1.54) is 19.3 Å². The highest BCUT2D eigenvalue weighted by Crippen LogP contribution is 2.26. The summed E-state index contributed by atoms with van der Waals surface area (Å²) in [5.41, 5.74) is 0. The van der Waals surface area contributed by atoms with Crippen LogP contribution in [0.15, 0.2) is 0 Å². The molecule has 1 saturated carbocycles. The van der Waals surface area contributed by atoms with Crippen molar-refractivity contribution in [3.8, 4) is 0 Å². The van der Waals surface area contributed by atoms with Crippen LogP contribution in [0.5, 0.6) is 0 Å². The van der Waals surface area contributed by atoms with E-state index in [4.69, 9.17) is 0 Å². The normalized spacial score (nSPS) is 30.6. The summed E-state index contributed by atoms with van der Waals surface area (Å²) in [4.78, 5) is 0. The quantitative estimate of drug-likeness (QED) is 0.743. The summed E-state index contributed by atoms with van der Waals surface area (Å²) in [7, 11) is 0. The highest BCUT2D eigenvalue weighted by molar-refractivity contribution is 4.79. The topological polar surface area (TPSA) is 12.0 Å². The third-order valence-corrected chi connectivity index (χ3v) is 3.30. The van der Waals surface area contributed by atoms with Crippen LogP contribution in [0.25, 0.3) is 0 Å². The molecule has 1 fully saturated rings. The zero-order valence-electron chi connectivity index (χ0n) is 9.10. The molecule has 3 heteroatoms. The van der Waals surface area contributed by atoms with E-state index in [0.29, 0.717) is 6.04 Å². The Bertz CT molecular complexity index is 153. The Morgan fingerprint density at radius 1 is 1.21 bits per heavy atom. The highest BCUT2D eigenvalue weighted by atomic mass is 19.3. The molecule has 0 heterocycles. The summed E-state index contributed by atoms with van der Waals surface area (Å²) >= 11 is 0. The van der Waals surface area contributed by atoms with Gasteiger partial charge in [-0.2, -0.15) is 0 Å². The van der Waals surface area contributed by atoms with Gasteiger partial charge < -0.3 is 5.32 Å². The molecular formula is C11H21F2N. The maximum Gasteiger partial charge on any atom is 0.253 e. The van der Waals surface area contributed by atoms with Gasteiger partial charge in [0.1, 0.15) is 0 Å². The molecule has 0 saturated heterocycles. The van der Waals surface area contributed by atoms with Gasteiger partial charge in [-0.05, 0) is 38.5 Å². The van der Waals surface area contributed by atoms with E-state index in [-0.39, 0.29) is 0 Å². The second-order valence-electron chi connectivity index (χ2n) is 4.42. The van der Waals surface area contributed by atoms with E-state index in [9.17, 15) is 8.78 Å². The number of rotatable bonds is 4. The summed E-state index contributed by atoms with van der Waals surface area (Å²) in [5, 5.41) is 3.01. The lowest BCUT2D eigenvalue weighted by Crippen LogP contribution is -2.42. The molecule has 0 spiro atoms. The second-order valence-corrected chi connectivity index (χ2v) is 4.42. The van der Waals surface area contributed by atoms with Crippen molar-refractivity contribution in [3.05, 3.63) is 0 Å². The lowest BCUT2D eigenvalue weighted by Gasteiger charge is -2.30. The molecule has 0 aromatic heterocycles. The number of nitrogens with one attached hydrogen (secondary N) is 1. The van der Waals surface area contributed by atoms with Gasteiger partial charge in [0.2, 0.25) is 0 Å². The first-order valence-corrected chi connectivity index (χ1v) is 5.67. The molecule has 1 nitrogen and oxygen atoms in total. The first-order chi connectivity index (χ1) is 6.63. The fourth-order valence-electron chi connectivity index (χ4n) is 2.18. The molecule has 0 aliphatic heterocycles. The maximum absolute atomic E-state index is 12.3. The van der Waals surface area contributed by atoms with Crippen molar-refractivity contribution in [2.24, 2.45) is 5.92 Å². The Morgan fingerprint density at radius 3 is 2.21 bits per heavy atom. The molecule has 14 heavy (non-hydrogen) atoms. The molecule has 1 unspecified atom stereocenters. The van der Waals surface area contributed by atoms with Gasteiger partial charge in [-0.3, -0.25) is 0 Å². The van der Waals surface area contributed by atoms with Gasteiger partial charge in [0.25, 0.3) is 6.43 Å². The standard InChI is InChI=1S/C11H21F2N/c1-3-9-4-6-10(7-5-9)14-8(2)11(12)13/h8-11,14H,3-7H2,1-2H3. The van der Waals surface area contributed by atoms with Crippen molar-refractivity contribution in [2.45, 2.75) is 64.5 Å². The molecule has 0 aromatic carbocycles. The third-order valence-electron chi connectivity index (χ3n) is 3.30. The first kappa shape index (κ1) is 11.9. The fraction of sp³-hybridized carbons (Fsp3) is 1.00. The minimum absolute atomic E-state index is 0.321. The molecule has 0 bridgehead atoms. The molecule has 1 atom stereocenters. The van der Waals surface area contributed by atoms with Gasteiger partial charge >= 0.3 is 0 Å². The molecule has 0 amide bonds. The van der Waals surface area contributed by atoms with E-state index in [2.05, 4.69) is 12.2 Å². The molecular weight excluding hydrogens is 184 g/mol. The Labute approximate surface area is 85.3 Å². The van der Waals surface area contributed by atoms with Gasteiger partial charge in [-0.25, -0.2) is 8.78 Å². The lowest BCUT2D eigenvalue weighted by atomic mass is 9.84. The van der Waals surface area contributed by atoms with Gasteiger partial charge in [0.15, 0.2) is 0 Å². The van der Waals surface area contributed by atoms with Gasteiger partial charge in [0, 0.05) is 6.04 Å². The van der Waals surface area contributed by atoms with Crippen LogP contribution in [0.2, 0.25) is 0 Å². The molecule has 1 rings (SSSR count). The van der Waals surface area contributed by atoms with Crippen molar-refractivity contribution >= 4 is 0 Å². The van der Waals surface area contributed by atoms with Gasteiger partial charge in [-0.15, -0.1) is 0 Å². The van der Waals surface area contributed by atoms with E-state index in [1.807, 2.05) is 0 Å². The van der Waals surface area contributed by atoms with E-state index < -0.39 is 12.5 Å². The Balaban J connectivity index is 2.22. The van der Waals surface area contributed by atoms with Crippen molar-refractivity contribution < 1.29 is 8.78 Å². The molecule has 1 N–H and O–H groups in total. The summed E-state index contributed by atoms with van der Waals surface area (Å²) in [6.07, 6.45) is 3.52. The van der Waals surface area contributed by atoms with Crippen LogP contribution >= 0.6 is 0 Å². The SMILES string of the molecule is CCC1CCC(NC(C)C(F)F)CC1. The summed E-state index contributed by atoms with van der Waals surface area (Å²) < 4.78 is 24.5. The number of hydrogen-bond donors (Lipinski definition) is 1. The lowest BCUT2D eigenvalue weighted by molar-refractivity contribution is 0.0941. The zero-order chi connectivity index (χ0) is 10.6. The highest BCUT2D eigenvalue weighted by Gasteiger charge is 2.23. The summed E-state index contributed by atoms with van der Waals surface area (Å²) in [6, 6.07) is -0.333. The number of alkyl halides is 2. The predicted molar refractivity (Wildman–Crippen MR) is 54.6 cm³/mol. The Hall–Kier alpha value is -0.180. The smallest absolute Gasteiger partial charge is 0.253 e. The van der Waals surface area contributed by atoms with E-state index >= 15 is 0 Å². The van der Waals surface area contributed by atoms with Crippen LogP contribution in [0.1, 0.15) is 46.0 Å². The first-order valence-electron chi connectivity index (χ1n) is 5.67. The van der Waals surface area contributed by atoms with Crippen molar-refractivity contribution in [1.82, 2.24) is 5.32 Å². The van der Waals surface area contributed by atoms with E-state index in [0.717, 1.165) is 18.8 Å². The van der Waals surface area contributed by atoms with Crippen LogP contribution in [-0.4, -0.2) is 18.5 Å². The van der Waals surface area contributed by atoms with Crippen LogP contribution in [0.3, 0.4) is 0 Å². The van der Waals surface area contributed by atoms with Crippen LogP contribution in [0.4, 0.5) is 8.78 Å².